The van der Waals surface area contributed by atoms with E-state index in [-0.39, 0.29) is 0 Å². The average Bonchev–Trinajstić information content (AvgIpc) is 2.90. The molecule has 0 amide bonds. The van der Waals surface area contributed by atoms with Gasteiger partial charge in [0.25, 0.3) is 0 Å². The van der Waals surface area contributed by atoms with Gasteiger partial charge >= 0.3 is 0 Å². The summed E-state index contributed by atoms with van der Waals surface area (Å²) in [4.78, 5) is 3.84. The minimum atomic E-state index is 0.500. The molecule has 96 valence electrons. The maximum Gasteiger partial charge on any atom is 0.180 e. The molecule has 0 bridgehead atoms. The maximum absolute atomic E-state index is 6.02. The predicted octanol–water partition coefficient (Wildman–Crippen LogP) is 2.96. The van der Waals surface area contributed by atoms with Gasteiger partial charge in [0.2, 0.25) is 0 Å². The number of benzene rings is 1. The highest BCUT2D eigenvalue weighted by Gasteiger charge is 2.10. The van der Waals surface area contributed by atoms with E-state index in [0.29, 0.717) is 23.1 Å². The molecular formula is C12H13ClN2O3. The average molecular weight is 269 g/mol. The maximum atomic E-state index is 6.02. The molecule has 0 saturated carbocycles. The van der Waals surface area contributed by atoms with Crippen molar-refractivity contribution in [3.8, 4) is 11.5 Å². The zero-order valence-corrected chi connectivity index (χ0v) is 10.8. The Labute approximate surface area is 110 Å². The van der Waals surface area contributed by atoms with E-state index in [1.165, 1.54) is 6.39 Å². The lowest BCUT2D eigenvalue weighted by molar-refractivity contribution is 0.404. The van der Waals surface area contributed by atoms with E-state index >= 15 is 0 Å². The van der Waals surface area contributed by atoms with Gasteiger partial charge in [0, 0.05) is 12.1 Å². The lowest BCUT2D eigenvalue weighted by Gasteiger charge is -2.13. The van der Waals surface area contributed by atoms with Crippen molar-refractivity contribution in [3.63, 3.8) is 0 Å². The molecule has 1 aromatic heterocycles. The first-order valence-corrected chi connectivity index (χ1v) is 5.65. The molecule has 1 heterocycles. The monoisotopic (exact) mass is 268 g/mol. The van der Waals surface area contributed by atoms with Crippen LogP contribution in [-0.2, 0) is 6.54 Å². The standard InChI is InChI=1S/C12H13ClN2O3/c1-16-11-4-10(12(17-2)3-9(11)13)15-6-8-5-14-7-18-8/h3-5,7,15H,6H2,1-2H3. The van der Waals surface area contributed by atoms with Gasteiger partial charge in [0.15, 0.2) is 6.39 Å². The Morgan fingerprint density at radius 2 is 2.06 bits per heavy atom. The molecule has 0 radical (unpaired) electrons. The number of ether oxygens (including phenoxy) is 2. The topological polar surface area (TPSA) is 56.5 Å². The van der Waals surface area contributed by atoms with E-state index in [0.717, 1.165) is 11.4 Å². The van der Waals surface area contributed by atoms with Gasteiger partial charge in [0.1, 0.15) is 17.3 Å². The first-order valence-electron chi connectivity index (χ1n) is 5.27. The Bertz CT molecular complexity index is 514. The van der Waals surface area contributed by atoms with Crippen LogP contribution in [0.4, 0.5) is 5.69 Å². The van der Waals surface area contributed by atoms with Crippen LogP contribution >= 0.6 is 11.6 Å². The van der Waals surface area contributed by atoms with Crippen LogP contribution in [0.5, 0.6) is 11.5 Å². The summed E-state index contributed by atoms with van der Waals surface area (Å²) in [5.74, 6) is 1.95. The Morgan fingerprint density at radius 1 is 1.28 bits per heavy atom. The fourth-order valence-electron chi connectivity index (χ4n) is 1.51. The second-order valence-corrected chi connectivity index (χ2v) is 3.92. The van der Waals surface area contributed by atoms with Gasteiger partial charge in [-0.25, -0.2) is 4.98 Å². The molecule has 0 unspecified atom stereocenters. The fraction of sp³-hybridized carbons (Fsp3) is 0.250. The van der Waals surface area contributed by atoms with Crippen molar-refractivity contribution in [1.82, 2.24) is 4.98 Å². The van der Waals surface area contributed by atoms with Gasteiger partial charge in [-0.2, -0.15) is 0 Å². The molecule has 18 heavy (non-hydrogen) atoms. The van der Waals surface area contributed by atoms with Crippen LogP contribution in [0.15, 0.2) is 29.1 Å². The second kappa shape index (κ2) is 5.64. The van der Waals surface area contributed by atoms with Gasteiger partial charge in [-0.15, -0.1) is 0 Å². The molecule has 2 rings (SSSR count). The van der Waals surface area contributed by atoms with Crippen LogP contribution in [0, 0.1) is 0 Å². The van der Waals surface area contributed by atoms with E-state index in [1.54, 1.807) is 32.5 Å². The molecule has 0 fully saturated rings. The Hall–Kier alpha value is -1.88. The van der Waals surface area contributed by atoms with Gasteiger partial charge in [-0.05, 0) is 0 Å². The van der Waals surface area contributed by atoms with Gasteiger partial charge in [0.05, 0.1) is 37.7 Å². The van der Waals surface area contributed by atoms with Crippen molar-refractivity contribution in [2.24, 2.45) is 0 Å². The molecule has 1 aromatic carbocycles. The van der Waals surface area contributed by atoms with Gasteiger partial charge < -0.3 is 19.2 Å². The summed E-state index contributed by atoms with van der Waals surface area (Å²) in [5.41, 5.74) is 0.773. The molecule has 2 aromatic rings. The van der Waals surface area contributed by atoms with Gasteiger partial charge in [-0.1, -0.05) is 11.6 Å². The van der Waals surface area contributed by atoms with Crippen LogP contribution in [-0.4, -0.2) is 19.2 Å². The van der Waals surface area contributed by atoms with E-state index < -0.39 is 0 Å². The van der Waals surface area contributed by atoms with Crippen LogP contribution < -0.4 is 14.8 Å². The molecule has 6 heteroatoms. The first-order chi connectivity index (χ1) is 8.74. The largest absolute Gasteiger partial charge is 0.495 e. The smallest absolute Gasteiger partial charge is 0.180 e. The van der Waals surface area contributed by atoms with Crippen molar-refractivity contribution in [2.75, 3.05) is 19.5 Å². The summed E-state index contributed by atoms with van der Waals surface area (Å²) in [7, 11) is 3.14. The number of anilines is 1. The van der Waals surface area contributed by atoms with Crippen molar-refractivity contribution in [2.45, 2.75) is 6.54 Å². The van der Waals surface area contributed by atoms with E-state index in [9.17, 15) is 0 Å². The molecular weight excluding hydrogens is 256 g/mol. The zero-order valence-electron chi connectivity index (χ0n) is 10.1. The number of methoxy groups -OCH3 is 2. The van der Waals surface area contributed by atoms with E-state index in [1.807, 2.05) is 0 Å². The van der Waals surface area contributed by atoms with Crippen LogP contribution in [0.3, 0.4) is 0 Å². The molecule has 0 atom stereocenters. The number of rotatable bonds is 5. The van der Waals surface area contributed by atoms with Crippen LogP contribution in [0.1, 0.15) is 5.76 Å². The van der Waals surface area contributed by atoms with Crippen molar-refractivity contribution in [3.05, 3.63) is 35.5 Å². The molecule has 0 aliphatic carbocycles. The van der Waals surface area contributed by atoms with Crippen LogP contribution in [0.25, 0.3) is 0 Å². The SMILES string of the molecule is COc1cc(NCc2cnco2)c(OC)cc1Cl. The Kier molecular flexibility index (Phi) is 3.94. The number of nitrogens with one attached hydrogen (secondary N) is 1. The highest BCUT2D eigenvalue weighted by molar-refractivity contribution is 6.32. The highest BCUT2D eigenvalue weighted by Crippen LogP contribution is 2.35. The number of aromatic nitrogens is 1. The summed E-state index contributed by atoms with van der Waals surface area (Å²) < 4.78 is 15.5. The summed E-state index contributed by atoms with van der Waals surface area (Å²) in [6.45, 7) is 0.501. The van der Waals surface area contributed by atoms with Crippen LogP contribution in [0.2, 0.25) is 5.02 Å². The summed E-state index contributed by atoms with van der Waals surface area (Å²) >= 11 is 6.02. The van der Waals surface area contributed by atoms with Crippen molar-refractivity contribution >= 4 is 17.3 Å². The molecule has 5 nitrogen and oxygen atoms in total. The third kappa shape index (κ3) is 2.68. The van der Waals surface area contributed by atoms with Gasteiger partial charge in [-0.3, -0.25) is 0 Å². The third-order valence-electron chi connectivity index (χ3n) is 2.41. The Balaban J connectivity index is 2.19. The van der Waals surface area contributed by atoms with Crippen molar-refractivity contribution < 1.29 is 13.9 Å². The molecule has 0 aliphatic heterocycles. The Morgan fingerprint density at radius 3 is 2.67 bits per heavy atom. The number of oxazole rings is 1. The molecule has 0 aliphatic rings. The van der Waals surface area contributed by atoms with E-state index in [2.05, 4.69) is 10.3 Å². The number of hydrogen-bond donors (Lipinski definition) is 1. The molecule has 0 saturated heterocycles. The fourth-order valence-corrected chi connectivity index (χ4v) is 1.74. The third-order valence-corrected chi connectivity index (χ3v) is 2.71. The minimum Gasteiger partial charge on any atom is -0.495 e. The summed E-state index contributed by atoms with van der Waals surface area (Å²) in [5, 5.41) is 3.67. The number of halogens is 1. The lowest BCUT2D eigenvalue weighted by atomic mass is 10.2. The second-order valence-electron chi connectivity index (χ2n) is 3.51. The van der Waals surface area contributed by atoms with Crippen molar-refractivity contribution in [1.29, 1.82) is 0 Å². The predicted molar refractivity (Wildman–Crippen MR) is 68.4 cm³/mol. The normalized spacial score (nSPS) is 10.2. The lowest BCUT2D eigenvalue weighted by Crippen LogP contribution is -2.01. The number of hydrogen-bond acceptors (Lipinski definition) is 5. The molecule has 1 N–H and O–H groups in total. The quantitative estimate of drug-likeness (QED) is 0.903. The summed E-state index contributed by atoms with van der Waals surface area (Å²) in [6.07, 6.45) is 3.03. The first kappa shape index (κ1) is 12.6. The number of nitrogens with zero attached hydrogens (tertiary/aromatic N) is 1. The highest BCUT2D eigenvalue weighted by atomic mass is 35.5. The minimum absolute atomic E-state index is 0.500. The zero-order chi connectivity index (χ0) is 13.0. The summed E-state index contributed by atoms with van der Waals surface area (Å²) in [6, 6.07) is 3.47. The molecule has 0 spiro atoms. The van der Waals surface area contributed by atoms with E-state index in [4.69, 9.17) is 25.5 Å².